The van der Waals surface area contributed by atoms with E-state index in [4.69, 9.17) is 5.73 Å². The van der Waals surface area contributed by atoms with Gasteiger partial charge in [0.05, 0.1) is 5.54 Å². The Morgan fingerprint density at radius 2 is 1.10 bits per heavy atom. The molecule has 0 bridgehead atoms. The monoisotopic (exact) mass is 803 g/mol. The lowest BCUT2D eigenvalue weighted by Gasteiger charge is -2.46. The number of nitrogen functional groups attached to an aromatic ring is 1. The van der Waals surface area contributed by atoms with Gasteiger partial charge in [0.2, 0.25) is 0 Å². The Hall–Kier alpha value is -5.42. The van der Waals surface area contributed by atoms with Gasteiger partial charge in [-0.25, -0.2) is 0 Å². The van der Waals surface area contributed by atoms with Gasteiger partial charge in [0.1, 0.15) is 0 Å². The average Bonchev–Trinajstić information content (AvgIpc) is 3.60. The summed E-state index contributed by atoms with van der Waals surface area (Å²) in [6, 6.07) is 44.9. The molecule has 0 spiro atoms. The summed E-state index contributed by atoms with van der Waals surface area (Å²) in [6.07, 6.45) is 3.50. The van der Waals surface area contributed by atoms with Crippen molar-refractivity contribution in [3.63, 3.8) is 0 Å². The largest absolute Gasteiger partial charge is 0.399 e. The van der Waals surface area contributed by atoms with E-state index in [0.29, 0.717) is 0 Å². The van der Waals surface area contributed by atoms with Gasteiger partial charge in [0.15, 0.2) is 0 Å². The second-order valence-corrected chi connectivity index (χ2v) is 22.3. The van der Waals surface area contributed by atoms with E-state index >= 15 is 0 Å². The number of hydrogen-bond donors (Lipinski definition) is 1. The van der Waals surface area contributed by atoms with Crippen LogP contribution in [-0.2, 0) is 21.7 Å². The molecule has 4 nitrogen and oxygen atoms in total. The topological polar surface area (TPSA) is 35.7 Å². The molecule has 310 valence electrons. The van der Waals surface area contributed by atoms with E-state index in [1.807, 2.05) is 0 Å². The molecule has 2 atom stereocenters. The van der Waals surface area contributed by atoms with Gasteiger partial charge in [0.25, 0.3) is 6.71 Å². The van der Waals surface area contributed by atoms with Gasteiger partial charge in [-0.3, -0.25) is 0 Å². The zero-order valence-electron chi connectivity index (χ0n) is 38.6. The van der Waals surface area contributed by atoms with Crippen LogP contribution in [0, 0.1) is 6.92 Å². The third-order valence-corrected chi connectivity index (χ3v) is 15.2. The summed E-state index contributed by atoms with van der Waals surface area (Å²) in [5, 5.41) is 0. The number of fused-ring (bicyclic) bond motifs is 7. The van der Waals surface area contributed by atoms with Crippen LogP contribution in [0.25, 0.3) is 0 Å². The average molecular weight is 803 g/mol. The van der Waals surface area contributed by atoms with E-state index in [1.165, 1.54) is 96.1 Å². The van der Waals surface area contributed by atoms with Crippen LogP contribution in [0.3, 0.4) is 0 Å². The lowest BCUT2D eigenvalue weighted by Crippen LogP contribution is -2.61. The molecular formula is C56H63BN4. The maximum atomic E-state index is 6.53. The predicted octanol–water partition coefficient (Wildman–Crippen LogP) is 12.9. The Bertz CT molecular complexity index is 2760. The first-order valence-electron chi connectivity index (χ1n) is 22.6. The van der Waals surface area contributed by atoms with E-state index in [-0.39, 0.29) is 33.9 Å². The summed E-state index contributed by atoms with van der Waals surface area (Å²) in [7, 11) is 0. The van der Waals surface area contributed by atoms with Gasteiger partial charge in [-0.2, -0.15) is 0 Å². The molecule has 1 saturated carbocycles. The number of nitrogens with zero attached hydrogens (tertiary/aromatic N) is 3. The predicted molar refractivity (Wildman–Crippen MR) is 264 cm³/mol. The fourth-order valence-corrected chi connectivity index (χ4v) is 11.5. The van der Waals surface area contributed by atoms with Crippen LogP contribution in [0.2, 0.25) is 0 Å². The van der Waals surface area contributed by atoms with Gasteiger partial charge in [-0.15, -0.1) is 0 Å². The van der Waals surface area contributed by atoms with Crippen LogP contribution in [0.4, 0.5) is 51.2 Å². The normalized spacial score (nSPS) is 20.3. The minimum absolute atomic E-state index is 0.00945. The number of benzene rings is 6. The van der Waals surface area contributed by atoms with Crippen molar-refractivity contribution in [2.75, 3.05) is 20.4 Å². The molecule has 1 aliphatic carbocycles. The molecule has 2 N–H and O–H groups in total. The molecule has 1 fully saturated rings. The molecule has 0 saturated heterocycles. The number of rotatable bonds is 3. The maximum Gasteiger partial charge on any atom is 0.252 e. The summed E-state index contributed by atoms with van der Waals surface area (Å²) < 4.78 is 0. The van der Waals surface area contributed by atoms with Crippen LogP contribution in [0.1, 0.15) is 123 Å². The summed E-state index contributed by atoms with van der Waals surface area (Å²) in [5.41, 5.74) is 28.0. The van der Waals surface area contributed by atoms with Gasteiger partial charge in [-0.1, -0.05) is 118 Å². The Morgan fingerprint density at radius 1 is 0.525 bits per heavy atom. The van der Waals surface area contributed by atoms with Crippen LogP contribution in [0.15, 0.2) is 115 Å². The molecule has 4 aliphatic rings. The minimum atomic E-state index is -0.0736. The number of aryl methyl sites for hydroxylation is 1. The zero-order chi connectivity index (χ0) is 43.2. The quantitative estimate of drug-likeness (QED) is 0.143. The molecule has 0 aromatic heterocycles. The summed E-state index contributed by atoms with van der Waals surface area (Å²) in [4.78, 5) is 7.85. The Balaban J connectivity index is 1.26. The molecule has 6 aromatic carbocycles. The van der Waals surface area contributed by atoms with Crippen molar-refractivity contribution in [2.45, 2.75) is 130 Å². The van der Waals surface area contributed by atoms with Gasteiger partial charge < -0.3 is 20.4 Å². The summed E-state index contributed by atoms with van der Waals surface area (Å²) >= 11 is 0. The molecule has 2 unspecified atom stereocenters. The molecule has 6 aromatic rings. The molecule has 61 heavy (non-hydrogen) atoms. The first kappa shape index (κ1) is 39.7. The molecular weight excluding hydrogens is 739 g/mol. The maximum absolute atomic E-state index is 6.53. The Morgan fingerprint density at radius 3 is 1.75 bits per heavy atom. The van der Waals surface area contributed by atoms with Gasteiger partial charge in [-0.05, 0) is 160 Å². The number of hydrogen-bond acceptors (Lipinski definition) is 4. The highest BCUT2D eigenvalue weighted by molar-refractivity contribution is 7.00. The van der Waals surface area contributed by atoms with Crippen molar-refractivity contribution in [3.05, 3.63) is 143 Å². The van der Waals surface area contributed by atoms with Crippen molar-refractivity contribution in [1.82, 2.24) is 0 Å². The van der Waals surface area contributed by atoms with E-state index in [1.54, 1.807) is 0 Å². The third-order valence-electron chi connectivity index (χ3n) is 15.2. The van der Waals surface area contributed by atoms with Gasteiger partial charge >= 0.3 is 0 Å². The Kier molecular flexibility index (Phi) is 8.50. The van der Waals surface area contributed by atoms with Crippen molar-refractivity contribution in [1.29, 1.82) is 0 Å². The minimum Gasteiger partial charge on any atom is -0.399 e. The van der Waals surface area contributed by atoms with Crippen LogP contribution >= 0.6 is 0 Å². The van der Waals surface area contributed by atoms with Crippen LogP contribution < -0.4 is 36.8 Å². The highest BCUT2D eigenvalue weighted by Gasteiger charge is 2.59. The SMILES string of the molecule is Cc1cc2c3c(c1)N(c1cccc(C(C)(C)C)c1)c1cc(C(C)(C)C)ccc1B3c1ccc(N3c4ccc(N)cc4C4(C)CCCC34C)cc1N2c1ccc(C(C)(C)C)cc1. The Labute approximate surface area is 365 Å². The number of nitrogens with two attached hydrogens (primary N) is 1. The zero-order valence-corrected chi connectivity index (χ0v) is 38.6. The first-order valence-corrected chi connectivity index (χ1v) is 22.6. The van der Waals surface area contributed by atoms with E-state index < -0.39 is 0 Å². The lowest BCUT2D eigenvalue weighted by molar-refractivity contribution is 0.330. The molecule has 3 heterocycles. The van der Waals surface area contributed by atoms with E-state index in [2.05, 4.69) is 213 Å². The van der Waals surface area contributed by atoms with Crippen molar-refractivity contribution < 1.29 is 0 Å². The molecule has 5 heteroatoms. The molecule has 0 amide bonds. The highest BCUT2D eigenvalue weighted by Crippen LogP contribution is 2.63. The fourth-order valence-electron chi connectivity index (χ4n) is 11.5. The first-order chi connectivity index (χ1) is 28.7. The molecule has 0 radical (unpaired) electrons. The van der Waals surface area contributed by atoms with Crippen molar-refractivity contribution in [2.24, 2.45) is 0 Å². The van der Waals surface area contributed by atoms with Crippen molar-refractivity contribution in [3.8, 4) is 0 Å². The van der Waals surface area contributed by atoms with E-state index in [9.17, 15) is 0 Å². The smallest absolute Gasteiger partial charge is 0.252 e. The fraction of sp³-hybridized carbons (Fsp3) is 0.357. The second kappa shape index (κ2) is 13.1. The standard InChI is InChI=1S/C56H63BN4/c1-35-29-49-51-50(30-35)60(41-16-13-15-37(31-41)53(5,6)7)47-32-38(54(8,9)10)19-24-44(47)57(51)45-25-23-42(34-48(45)59(49)40-21-17-36(18-22-40)52(2,3)4)61-46-26-20-39(58)33-43(46)55(11)27-14-28-56(55,61)12/h13,15-26,29-34H,14,27-28,58H2,1-12H3. The number of anilines is 9. The third kappa shape index (κ3) is 5.85. The second-order valence-electron chi connectivity index (χ2n) is 22.3. The van der Waals surface area contributed by atoms with E-state index in [0.717, 1.165) is 18.5 Å². The van der Waals surface area contributed by atoms with Crippen LogP contribution in [-0.4, -0.2) is 12.3 Å². The van der Waals surface area contributed by atoms with Crippen LogP contribution in [0.5, 0.6) is 0 Å². The highest BCUT2D eigenvalue weighted by atomic mass is 15.3. The summed E-state index contributed by atoms with van der Waals surface area (Å²) in [6.45, 7) is 28.2. The molecule has 3 aliphatic heterocycles. The van der Waals surface area contributed by atoms with Crippen molar-refractivity contribution >= 4 is 74.3 Å². The van der Waals surface area contributed by atoms with Gasteiger partial charge in [0, 0.05) is 56.6 Å². The summed E-state index contributed by atoms with van der Waals surface area (Å²) in [5.74, 6) is 0. The lowest BCUT2D eigenvalue weighted by atomic mass is 9.33. The molecule has 10 rings (SSSR count).